The van der Waals surface area contributed by atoms with Crippen LogP contribution in [0.5, 0.6) is 0 Å². The summed E-state index contributed by atoms with van der Waals surface area (Å²) >= 11 is 0. The maximum absolute atomic E-state index is 12.7. The molecule has 2 fully saturated rings. The number of rotatable bonds is 5. The first-order valence-electron chi connectivity index (χ1n) is 9.55. The van der Waals surface area contributed by atoms with E-state index in [9.17, 15) is 4.79 Å². The number of nitrogens with zero attached hydrogens (tertiary/aromatic N) is 1. The fourth-order valence-electron chi connectivity index (χ4n) is 4.28. The number of piperidine rings is 1. The van der Waals surface area contributed by atoms with Gasteiger partial charge in [0.05, 0.1) is 0 Å². The zero-order chi connectivity index (χ0) is 17.3. The van der Waals surface area contributed by atoms with Gasteiger partial charge in [-0.05, 0) is 48.6 Å². The summed E-state index contributed by atoms with van der Waals surface area (Å²) in [6.07, 6.45) is 5.41. The highest BCUT2D eigenvalue weighted by atomic mass is 16.2. The Morgan fingerprint density at radius 3 is 2.17 bits per heavy atom. The van der Waals surface area contributed by atoms with E-state index in [1.54, 1.807) is 0 Å². The molecule has 3 atom stereocenters. The quantitative estimate of drug-likeness (QED) is 0.884. The van der Waals surface area contributed by atoms with Crippen LogP contribution in [0.4, 0.5) is 0 Å². The van der Waals surface area contributed by atoms with Crippen LogP contribution in [0.3, 0.4) is 0 Å². The number of carbonyl (C=O) groups is 1. The Hall–Kier alpha value is -1.35. The molecule has 0 spiro atoms. The second-order valence-electron chi connectivity index (χ2n) is 8.19. The lowest BCUT2D eigenvalue weighted by molar-refractivity contribution is -0.133. The smallest absolute Gasteiger partial charge is 0.223 e. The van der Waals surface area contributed by atoms with Gasteiger partial charge >= 0.3 is 0 Å². The van der Waals surface area contributed by atoms with Crippen molar-refractivity contribution < 1.29 is 4.79 Å². The Bertz CT molecular complexity index is 554. The molecule has 2 saturated heterocycles. The molecular weight excluding hydrogens is 296 g/mol. The van der Waals surface area contributed by atoms with Gasteiger partial charge in [0.1, 0.15) is 0 Å². The Morgan fingerprint density at radius 1 is 1.08 bits per heavy atom. The van der Waals surface area contributed by atoms with E-state index in [4.69, 9.17) is 0 Å². The third kappa shape index (κ3) is 3.83. The standard InChI is InChI=1S/C21H32N2O/c1-14(2)16-5-7-17(8-6-16)15(3)11-21(24)23(4)20-12-18-9-10-19(13-20)22-18/h5-8,14-15,18-20,22H,9-13H2,1-4H3. The van der Waals surface area contributed by atoms with E-state index in [0.29, 0.717) is 36.4 Å². The Labute approximate surface area is 146 Å². The lowest BCUT2D eigenvalue weighted by Gasteiger charge is -2.36. The van der Waals surface area contributed by atoms with Crippen LogP contribution < -0.4 is 5.32 Å². The highest BCUT2D eigenvalue weighted by Gasteiger charge is 2.36. The van der Waals surface area contributed by atoms with Crippen LogP contribution in [0.15, 0.2) is 24.3 Å². The third-order valence-corrected chi connectivity index (χ3v) is 6.04. The van der Waals surface area contributed by atoms with Crippen molar-refractivity contribution in [3.05, 3.63) is 35.4 Å². The normalized spacial score (nSPS) is 27.3. The minimum absolute atomic E-state index is 0.277. The third-order valence-electron chi connectivity index (χ3n) is 6.04. The maximum atomic E-state index is 12.7. The fourth-order valence-corrected chi connectivity index (χ4v) is 4.28. The highest BCUT2D eigenvalue weighted by molar-refractivity contribution is 5.77. The van der Waals surface area contributed by atoms with Gasteiger partial charge in [0.15, 0.2) is 0 Å². The molecule has 1 aromatic carbocycles. The van der Waals surface area contributed by atoms with Gasteiger partial charge in [-0.2, -0.15) is 0 Å². The summed E-state index contributed by atoms with van der Waals surface area (Å²) in [6.45, 7) is 6.59. The number of nitrogens with one attached hydrogen (secondary N) is 1. The lowest BCUT2D eigenvalue weighted by atomic mass is 9.93. The molecule has 3 unspecified atom stereocenters. The number of hydrogen-bond acceptors (Lipinski definition) is 2. The van der Waals surface area contributed by atoms with Gasteiger partial charge in [-0.15, -0.1) is 0 Å². The van der Waals surface area contributed by atoms with Crippen molar-refractivity contribution in [3.8, 4) is 0 Å². The number of amides is 1. The molecule has 3 nitrogen and oxygen atoms in total. The van der Waals surface area contributed by atoms with Gasteiger partial charge in [0.2, 0.25) is 5.91 Å². The topological polar surface area (TPSA) is 32.3 Å². The van der Waals surface area contributed by atoms with Crippen molar-refractivity contribution in [1.82, 2.24) is 10.2 Å². The predicted octanol–water partition coefficient (Wildman–Crippen LogP) is 4.05. The molecule has 0 aromatic heterocycles. The van der Waals surface area contributed by atoms with Gasteiger partial charge in [-0.1, -0.05) is 45.0 Å². The van der Waals surface area contributed by atoms with E-state index in [-0.39, 0.29) is 5.92 Å². The molecule has 1 aromatic rings. The monoisotopic (exact) mass is 328 g/mol. The van der Waals surface area contributed by atoms with Crippen LogP contribution in [0.25, 0.3) is 0 Å². The average molecular weight is 328 g/mol. The van der Waals surface area contributed by atoms with Gasteiger partial charge in [0, 0.05) is 31.6 Å². The van der Waals surface area contributed by atoms with E-state index in [2.05, 4.69) is 50.4 Å². The molecular formula is C21H32N2O. The van der Waals surface area contributed by atoms with Crippen LogP contribution in [-0.2, 0) is 4.79 Å². The summed E-state index contributed by atoms with van der Waals surface area (Å²) in [4.78, 5) is 14.8. The summed E-state index contributed by atoms with van der Waals surface area (Å²) in [5, 5.41) is 3.66. The first-order valence-corrected chi connectivity index (χ1v) is 9.55. The molecule has 2 bridgehead atoms. The minimum atomic E-state index is 0.277. The Balaban J connectivity index is 1.57. The van der Waals surface area contributed by atoms with Crippen molar-refractivity contribution in [1.29, 1.82) is 0 Å². The summed E-state index contributed by atoms with van der Waals surface area (Å²) in [7, 11) is 2.01. The molecule has 24 heavy (non-hydrogen) atoms. The summed E-state index contributed by atoms with van der Waals surface area (Å²) < 4.78 is 0. The number of fused-ring (bicyclic) bond motifs is 2. The zero-order valence-electron chi connectivity index (χ0n) is 15.6. The van der Waals surface area contributed by atoms with Crippen molar-refractivity contribution in [3.63, 3.8) is 0 Å². The van der Waals surface area contributed by atoms with Gasteiger partial charge in [0.25, 0.3) is 0 Å². The molecule has 0 saturated carbocycles. The van der Waals surface area contributed by atoms with E-state index in [1.807, 2.05) is 11.9 Å². The van der Waals surface area contributed by atoms with Crippen LogP contribution in [-0.4, -0.2) is 36.0 Å². The molecule has 1 N–H and O–H groups in total. The largest absolute Gasteiger partial charge is 0.343 e. The molecule has 132 valence electrons. The first-order chi connectivity index (χ1) is 11.4. The molecule has 3 rings (SSSR count). The summed E-state index contributed by atoms with van der Waals surface area (Å²) in [5.74, 6) is 1.12. The SMILES string of the molecule is CC(C)c1ccc(C(C)CC(=O)N(C)C2CC3CCC(C2)N3)cc1. The van der Waals surface area contributed by atoms with Gasteiger partial charge in [-0.3, -0.25) is 4.79 Å². The molecule has 0 radical (unpaired) electrons. The van der Waals surface area contributed by atoms with Crippen LogP contribution in [0, 0.1) is 0 Å². The second kappa shape index (κ2) is 7.26. The minimum Gasteiger partial charge on any atom is -0.343 e. The second-order valence-corrected chi connectivity index (χ2v) is 8.19. The molecule has 2 aliphatic heterocycles. The maximum Gasteiger partial charge on any atom is 0.223 e. The van der Waals surface area contributed by atoms with Crippen LogP contribution >= 0.6 is 0 Å². The zero-order valence-corrected chi connectivity index (χ0v) is 15.6. The van der Waals surface area contributed by atoms with Crippen LogP contribution in [0.2, 0.25) is 0 Å². The molecule has 2 heterocycles. The Morgan fingerprint density at radius 2 is 1.62 bits per heavy atom. The van der Waals surface area contributed by atoms with Crippen molar-refractivity contribution >= 4 is 5.91 Å². The van der Waals surface area contributed by atoms with E-state index < -0.39 is 0 Å². The Kier molecular flexibility index (Phi) is 5.29. The molecule has 0 aliphatic carbocycles. The van der Waals surface area contributed by atoms with E-state index in [1.165, 1.54) is 24.0 Å². The summed E-state index contributed by atoms with van der Waals surface area (Å²) in [6, 6.07) is 10.5. The highest BCUT2D eigenvalue weighted by Crippen LogP contribution is 2.30. The van der Waals surface area contributed by atoms with Gasteiger partial charge < -0.3 is 10.2 Å². The molecule has 1 amide bonds. The van der Waals surface area contributed by atoms with Crippen molar-refractivity contribution in [2.45, 2.75) is 82.8 Å². The fraction of sp³-hybridized carbons (Fsp3) is 0.667. The molecule has 3 heteroatoms. The number of benzene rings is 1. The predicted molar refractivity (Wildman–Crippen MR) is 99.3 cm³/mol. The van der Waals surface area contributed by atoms with E-state index >= 15 is 0 Å². The van der Waals surface area contributed by atoms with E-state index in [0.717, 1.165) is 12.8 Å². The van der Waals surface area contributed by atoms with Crippen LogP contribution in [0.1, 0.15) is 75.8 Å². The van der Waals surface area contributed by atoms with Gasteiger partial charge in [-0.25, -0.2) is 0 Å². The van der Waals surface area contributed by atoms with Crippen molar-refractivity contribution in [2.75, 3.05) is 7.05 Å². The summed E-state index contributed by atoms with van der Waals surface area (Å²) in [5.41, 5.74) is 2.63. The van der Waals surface area contributed by atoms with Crippen molar-refractivity contribution in [2.24, 2.45) is 0 Å². The number of hydrogen-bond donors (Lipinski definition) is 1. The lowest BCUT2D eigenvalue weighted by Crippen LogP contribution is -2.48. The molecule has 2 aliphatic rings. The first kappa shape index (κ1) is 17.5. The average Bonchev–Trinajstić information content (AvgIpc) is 2.92. The number of carbonyl (C=O) groups excluding carboxylic acids is 1.